The van der Waals surface area contributed by atoms with Crippen molar-refractivity contribution in [1.82, 2.24) is 14.6 Å². The van der Waals surface area contributed by atoms with Crippen molar-refractivity contribution in [2.45, 2.75) is 6.42 Å². The van der Waals surface area contributed by atoms with Crippen molar-refractivity contribution < 1.29 is 4.42 Å². The van der Waals surface area contributed by atoms with Crippen LogP contribution in [0, 0.1) is 0 Å². The Labute approximate surface area is 195 Å². The molecule has 0 aliphatic rings. The molecule has 9 heteroatoms. The summed E-state index contributed by atoms with van der Waals surface area (Å²) < 4.78 is 7.23. The van der Waals surface area contributed by atoms with Gasteiger partial charge in [-0.1, -0.05) is 46.7 Å². The molecule has 5 rings (SSSR count). The lowest BCUT2D eigenvalue weighted by Gasteiger charge is -2.00. The second kappa shape index (κ2) is 8.35. The van der Waals surface area contributed by atoms with Gasteiger partial charge in [-0.05, 0) is 54.1 Å². The average molecular weight is 482 g/mol. The van der Waals surface area contributed by atoms with Crippen LogP contribution in [-0.4, -0.2) is 14.6 Å². The zero-order chi connectivity index (χ0) is 22.2. The molecular formula is C23H13Cl2N3O3S. The standard InChI is InChI=1S/C23H13Cl2N3O3S/c24-15-5-1-13(2-6-15)11-18-21(29)28-22(30)20(32-23(28)27-26-18)12-17-9-10-19(31-17)14-3-7-16(25)8-4-14/h1-10,12H,11H2/b20-12-. The monoisotopic (exact) mass is 481 g/mol. The number of fused-ring (bicyclic) bond motifs is 1. The molecule has 0 spiro atoms. The highest BCUT2D eigenvalue weighted by Gasteiger charge is 2.14. The Morgan fingerprint density at radius 3 is 2.28 bits per heavy atom. The Balaban J connectivity index is 1.52. The molecule has 0 saturated carbocycles. The molecule has 0 atom stereocenters. The van der Waals surface area contributed by atoms with E-state index in [0.29, 0.717) is 26.1 Å². The largest absolute Gasteiger partial charge is 0.457 e. The molecule has 3 aromatic heterocycles. The molecular weight excluding hydrogens is 469 g/mol. The Morgan fingerprint density at radius 2 is 1.56 bits per heavy atom. The number of nitrogens with zero attached hydrogens (tertiary/aromatic N) is 3. The van der Waals surface area contributed by atoms with E-state index in [4.69, 9.17) is 27.6 Å². The first-order valence-electron chi connectivity index (χ1n) is 9.51. The first-order valence-corrected chi connectivity index (χ1v) is 11.1. The SMILES string of the molecule is O=c1c(Cc2ccc(Cl)cc2)nnc2s/c(=C\c3ccc(-c4ccc(Cl)cc4)o3)c(=O)n12. The van der Waals surface area contributed by atoms with Crippen LogP contribution in [0.15, 0.2) is 74.7 Å². The third kappa shape index (κ3) is 3.98. The molecule has 0 bridgehead atoms. The number of rotatable bonds is 4. The third-order valence-electron chi connectivity index (χ3n) is 4.83. The van der Waals surface area contributed by atoms with Crippen molar-refractivity contribution in [3.63, 3.8) is 0 Å². The van der Waals surface area contributed by atoms with Gasteiger partial charge >= 0.3 is 0 Å². The van der Waals surface area contributed by atoms with Gasteiger partial charge in [0.05, 0.1) is 0 Å². The van der Waals surface area contributed by atoms with Gasteiger partial charge in [0.25, 0.3) is 11.1 Å². The second-order valence-electron chi connectivity index (χ2n) is 7.00. The summed E-state index contributed by atoms with van der Waals surface area (Å²) in [5.41, 5.74) is 0.968. The van der Waals surface area contributed by atoms with Gasteiger partial charge in [-0.2, -0.15) is 0 Å². The number of hydrogen-bond donors (Lipinski definition) is 0. The van der Waals surface area contributed by atoms with Crippen LogP contribution in [0.1, 0.15) is 17.0 Å². The van der Waals surface area contributed by atoms with Crippen LogP contribution in [0.25, 0.3) is 22.4 Å². The minimum absolute atomic E-state index is 0.189. The molecule has 32 heavy (non-hydrogen) atoms. The van der Waals surface area contributed by atoms with Crippen molar-refractivity contribution >= 4 is 45.6 Å². The normalized spacial score (nSPS) is 12.0. The summed E-state index contributed by atoms with van der Waals surface area (Å²) in [7, 11) is 0. The number of halogens is 2. The van der Waals surface area contributed by atoms with Gasteiger partial charge in [-0.25, -0.2) is 4.40 Å². The second-order valence-corrected chi connectivity index (χ2v) is 8.88. The molecule has 0 aliphatic heterocycles. The molecule has 2 aromatic carbocycles. The van der Waals surface area contributed by atoms with Crippen molar-refractivity contribution in [2.75, 3.05) is 0 Å². The zero-order valence-electron chi connectivity index (χ0n) is 16.3. The molecule has 0 aliphatic carbocycles. The van der Waals surface area contributed by atoms with Crippen molar-refractivity contribution in [3.8, 4) is 11.3 Å². The highest BCUT2D eigenvalue weighted by atomic mass is 35.5. The van der Waals surface area contributed by atoms with Crippen LogP contribution in [0.2, 0.25) is 10.0 Å². The van der Waals surface area contributed by atoms with Crippen molar-refractivity contribution in [2.24, 2.45) is 0 Å². The summed E-state index contributed by atoms with van der Waals surface area (Å²) in [6.45, 7) is 0. The van der Waals surface area contributed by atoms with Gasteiger partial charge < -0.3 is 4.42 Å². The van der Waals surface area contributed by atoms with E-state index in [1.54, 1.807) is 48.5 Å². The minimum Gasteiger partial charge on any atom is -0.457 e. The van der Waals surface area contributed by atoms with Gasteiger partial charge in [0, 0.05) is 28.1 Å². The van der Waals surface area contributed by atoms with E-state index < -0.39 is 11.1 Å². The maximum atomic E-state index is 12.9. The van der Waals surface area contributed by atoms with Gasteiger partial charge in [0.2, 0.25) is 4.96 Å². The molecule has 0 fully saturated rings. The molecule has 0 unspecified atom stereocenters. The predicted molar refractivity (Wildman–Crippen MR) is 126 cm³/mol. The van der Waals surface area contributed by atoms with Crippen LogP contribution in [-0.2, 0) is 6.42 Å². The van der Waals surface area contributed by atoms with E-state index in [-0.39, 0.29) is 17.1 Å². The average Bonchev–Trinajstić information content (AvgIpc) is 3.37. The van der Waals surface area contributed by atoms with E-state index in [9.17, 15) is 9.59 Å². The predicted octanol–water partition coefficient (Wildman–Crippen LogP) is 4.22. The topological polar surface area (TPSA) is 77.5 Å². The fourth-order valence-corrected chi connectivity index (χ4v) is 4.37. The van der Waals surface area contributed by atoms with E-state index in [1.807, 2.05) is 18.2 Å². The van der Waals surface area contributed by atoms with Gasteiger partial charge in [-0.3, -0.25) is 9.59 Å². The van der Waals surface area contributed by atoms with E-state index in [2.05, 4.69) is 10.2 Å². The lowest BCUT2D eigenvalue weighted by molar-refractivity contribution is 0.571. The lowest BCUT2D eigenvalue weighted by atomic mass is 10.1. The Hall–Kier alpha value is -3.26. The summed E-state index contributed by atoms with van der Waals surface area (Å²) in [6.07, 6.45) is 1.85. The number of benzene rings is 2. The van der Waals surface area contributed by atoms with Gasteiger partial charge in [-0.15, -0.1) is 10.2 Å². The van der Waals surface area contributed by atoms with E-state index in [1.165, 1.54) is 0 Å². The minimum atomic E-state index is -0.479. The van der Waals surface area contributed by atoms with Gasteiger partial charge in [0.15, 0.2) is 0 Å². The highest BCUT2D eigenvalue weighted by Crippen LogP contribution is 2.24. The Morgan fingerprint density at radius 1 is 0.875 bits per heavy atom. The first kappa shape index (κ1) is 20.6. The number of aromatic nitrogens is 3. The van der Waals surface area contributed by atoms with Crippen LogP contribution < -0.4 is 15.7 Å². The lowest BCUT2D eigenvalue weighted by Crippen LogP contribution is -2.33. The fraction of sp³-hybridized carbons (Fsp3) is 0.0435. The quantitative estimate of drug-likeness (QED) is 0.384. The zero-order valence-corrected chi connectivity index (χ0v) is 18.6. The number of thiazole rings is 1. The maximum Gasteiger partial charge on any atom is 0.283 e. The van der Waals surface area contributed by atoms with Crippen molar-refractivity contribution in [3.05, 3.63) is 113 Å². The molecule has 5 aromatic rings. The fourth-order valence-electron chi connectivity index (χ4n) is 3.23. The summed E-state index contributed by atoms with van der Waals surface area (Å²) >= 11 is 12.9. The molecule has 0 radical (unpaired) electrons. The van der Waals surface area contributed by atoms with Gasteiger partial charge in [0.1, 0.15) is 21.7 Å². The molecule has 6 nitrogen and oxygen atoms in total. The summed E-state index contributed by atoms with van der Waals surface area (Å²) in [5.74, 6) is 1.13. The number of hydrogen-bond acceptors (Lipinski definition) is 6. The molecule has 0 N–H and O–H groups in total. The third-order valence-corrected chi connectivity index (χ3v) is 6.29. The number of furan rings is 1. The molecule has 0 amide bonds. The Bertz CT molecular complexity index is 1600. The van der Waals surface area contributed by atoms with Crippen LogP contribution in [0.4, 0.5) is 0 Å². The molecule has 158 valence electrons. The van der Waals surface area contributed by atoms with Crippen LogP contribution in [0.3, 0.4) is 0 Å². The van der Waals surface area contributed by atoms with Crippen LogP contribution >= 0.6 is 34.5 Å². The smallest absolute Gasteiger partial charge is 0.283 e. The maximum absolute atomic E-state index is 12.9. The summed E-state index contributed by atoms with van der Waals surface area (Å²) in [6, 6.07) is 17.9. The highest BCUT2D eigenvalue weighted by molar-refractivity contribution is 7.15. The molecule has 3 heterocycles. The summed E-state index contributed by atoms with van der Waals surface area (Å²) in [5, 5.41) is 9.36. The van der Waals surface area contributed by atoms with Crippen LogP contribution in [0.5, 0.6) is 0 Å². The van der Waals surface area contributed by atoms with Crippen molar-refractivity contribution in [1.29, 1.82) is 0 Å². The summed E-state index contributed by atoms with van der Waals surface area (Å²) in [4.78, 5) is 26.0. The van der Waals surface area contributed by atoms with E-state index in [0.717, 1.165) is 26.9 Å². The first-order chi connectivity index (χ1) is 15.5. The van der Waals surface area contributed by atoms with E-state index >= 15 is 0 Å². The Kier molecular flexibility index (Phi) is 5.38. The molecule has 0 saturated heterocycles.